The van der Waals surface area contributed by atoms with Crippen LogP contribution in [0.4, 0.5) is 0 Å². The van der Waals surface area contributed by atoms with Gasteiger partial charge >= 0.3 is 5.96 Å². The molecule has 6 rings (SSSR count). The van der Waals surface area contributed by atoms with Gasteiger partial charge < -0.3 is 26.4 Å². The number of rotatable bonds is 4. The number of phenols is 1. The normalized spacial score (nSPS) is 29.6. The lowest BCUT2D eigenvalue weighted by molar-refractivity contribution is -0.521. The third-order valence-electron chi connectivity index (χ3n) is 7.86. The molecule has 10 N–H and O–H groups in total. The molecule has 4 aliphatic rings. The molecular weight excluding hydrogens is 496 g/mol. The molecule has 0 saturated carbocycles. The number of phenolic OH excluding ortho intramolecular Hbond substituents is 1. The fourth-order valence-corrected chi connectivity index (χ4v) is 6.01. The standard InChI is InChI=1S/C24H26N8O6/c25-21-29-19-14(9-31-16(33)7-8-17(31)34)27-22(26)32-10-15(24(37,38)23(19,32)30-21)28-20(36)13-6-5-11-3-1-2-4-12(11)18(13)35/h1-6,14-15,19,35,37-38H,7-10H2,(H2,26,27)(H,28,36)(H3,25,29,30)/p+1/t14-,15?,19-,23-/m0/s1. The van der Waals surface area contributed by atoms with E-state index < -0.39 is 35.5 Å². The van der Waals surface area contributed by atoms with Crippen LogP contribution in [0.1, 0.15) is 23.2 Å². The Kier molecular flexibility index (Phi) is 5.06. The van der Waals surface area contributed by atoms with Crippen LogP contribution in [-0.2, 0) is 9.59 Å². The van der Waals surface area contributed by atoms with Crippen molar-refractivity contribution in [3.8, 4) is 5.75 Å². The quantitative estimate of drug-likeness (QED) is 0.142. The van der Waals surface area contributed by atoms with Gasteiger partial charge in [-0.3, -0.25) is 34.9 Å². The molecule has 2 aromatic carbocycles. The second-order valence-corrected chi connectivity index (χ2v) is 9.93. The van der Waals surface area contributed by atoms with Crippen LogP contribution in [0.5, 0.6) is 5.75 Å². The van der Waals surface area contributed by atoms with Crippen LogP contribution >= 0.6 is 0 Å². The highest BCUT2D eigenvalue weighted by molar-refractivity contribution is 6.04. The van der Waals surface area contributed by atoms with Crippen molar-refractivity contribution in [3.05, 3.63) is 42.0 Å². The number of amides is 3. The fourth-order valence-electron chi connectivity index (χ4n) is 6.01. The van der Waals surface area contributed by atoms with Gasteiger partial charge in [-0.15, -0.1) is 0 Å². The zero-order valence-electron chi connectivity index (χ0n) is 20.1. The smallest absolute Gasteiger partial charge is 0.343 e. The van der Waals surface area contributed by atoms with Crippen molar-refractivity contribution in [1.82, 2.24) is 20.4 Å². The Labute approximate surface area is 215 Å². The molecular formula is C24H27N8O6+. The molecule has 0 aromatic heterocycles. The molecule has 14 nitrogen and oxygen atoms in total. The molecule has 4 atom stereocenters. The number of hydrogen-bond acceptors (Lipinski definition) is 11. The Hall–Kier alpha value is -4.43. The number of aliphatic imine (C=N–C) groups is 1. The second kappa shape index (κ2) is 8.03. The number of likely N-dealkylation sites (tertiary alicyclic amines) is 1. The first-order chi connectivity index (χ1) is 18.0. The molecule has 198 valence electrons. The molecule has 3 amide bonds. The van der Waals surface area contributed by atoms with E-state index in [9.17, 15) is 29.7 Å². The molecule has 2 aromatic rings. The van der Waals surface area contributed by atoms with Crippen LogP contribution in [0.2, 0.25) is 0 Å². The van der Waals surface area contributed by atoms with Crippen molar-refractivity contribution in [3.63, 3.8) is 0 Å². The summed E-state index contributed by atoms with van der Waals surface area (Å²) in [5.74, 6) is -4.45. The van der Waals surface area contributed by atoms with Crippen molar-refractivity contribution >= 4 is 40.4 Å². The van der Waals surface area contributed by atoms with Gasteiger partial charge in [-0.1, -0.05) is 30.3 Å². The van der Waals surface area contributed by atoms with E-state index in [1.807, 2.05) is 0 Å². The molecule has 38 heavy (non-hydrogen) atoms. The van der Waals surface area contributed by atoms with Gasteiger partial charge in [0.1, 0.15) is 17.8 Å². The molecule has 0 aliphatic carbocycles. The van der Waals surface area contributed by atoms with Crippen LogP contribution in [0, 0.1) is 0 Å². The first-order valence-corrected chi connectivity index (χ1v) is 12.1. The number of aliphatic hydroxyl groups is 2. The number of fused-ring (bicyclic) bond motifs is 1. The molecule has 1 unspecified atom stereocenters. The Morgan fingerprint density at radius 2 is 1.87 bits per heavy atom. The first kappa shape index (κ1) is 23.9. The van der Waals surface area contributed by atoms with Crippen molar-refractivity contribution in [2.75, 3.05) is 13.1 Å². The fraction of sp³-hybridized carbons (Fsp3) is 0.375. The van der Waals surface area contributed by atoms with Gasteiger partial charge in [-0.05, 0) is 11.5 Å². The monoisotopic (exact) mass is 523 g/mol. The van der Waals surface area contributed by atoms with Crippen molar-refractivity contribution in [2.24, 2.45) is 16.5 Å². The number of guanidine groups is 2. The van der Waals surface area contributed by atoms with E-state index in [0.717, 1.165) is 10.3 Å². The SMILES string of the molecule is NC1=N[C@@H](CN2C(=O)CCC2=O)[C@@H]2[NH+]=C(N)N[C@]23N1CC(NC(=O)c1ccc2ccccc2c1O)C3(O)O. The Bertz CT molecular complexity index is 1440. The highest BCUT2D eigenvalue weighted by Crippen LogP contribution is 2.41. The van der Waals surface area contributed by atoms with Gasteiger partial charge in [-0.2, -0.15) is 0 Å². The minimum absolute atomic E-state index is 0.000556. The molecule has 2 saturated heterocycles. The minimum Gasteiger partial charge on any atom is -0.506 e. The van der Waals surface area contributed by atoms with E-state index in [4.69, 9.17) is 11.5 Å². The average Bonchev–Trinajstić information content (AvgIpc) is 3.47. The third-order valence-corrected chi connectivity index (χ3v) is 7.86. The lowest BCUT2D eigenvalue weighted by Crippen LogP contribution is -2.90. The molecule has 4 aliphatic heterocycles. The van der Waals surface area contributed by atoms with Gasteiger partial charge in [0.25, 0.3) is 11.6 Å². The maximum Gasteiger partial charge on any atom is 0.343 e. The highest BCUT2D eigenvalue weighted by atomic mass is 16.5. The van der Waals surface area contributed by atoms with E-state index >= 15 is 0 Å². The van der Waals surface area contributed by atoms with Gasteiger partial charge in [0, 0.05) is 18.2 Å². The van der Waals surface area contributed by atoms with Gasteiger partial charge in [0.2, 0.25) is 17.6 Å². The number of hydrogen-bond donors (Lipinski definition) is 8. The predicted molar refractivity (Wildman–Crippen MR) is 132 cm³/mol. The summed E-state index contributed by atoms with van der Waals surface area (Å²) < 4.78 is 0. The van der Waals surface area contributed by atoms with E-state index in [-0.39, 0.29) is 61.0 Å². The summed E-state index contributed by atoms with van der Waals surface area (Å²) >= 11 is 0. The van der Waals surface area contributed by atoms with Gasteiger partial charge in [-0.25, -0.2) is 10.3 Å². The van der Waals surface area contributed by atoms with E-state index in [1.165, 1.54) is 11.0 Å². The zero-order chi connectivity index (χ0) is 27.0. The van der Waals surface area contributed by atoms with Gasteiger partial charge in [0.15, 0.2) is 12.0 Å². The average molecular weight is 524 g/mol. The number of imide groups is 1. The number of benzene rings is 2. The molecule has 2 fully saturated rings. The highest BCUT2D eigenvalue weighted by Gasteiger charge is 2.76. The summed E-state index contributed by atoms with van der Waals surface area (Å²) in [6, 6.07) is 6.99. The van der Waals surface area contributed by atoms with Crippen molar-refractivity contribution in [2.45, 2.75) is 42.4 Å². The van der Waals surface area contributed by atoms with Crippen molar-refractivity contribution in [1.29, 1.82) is 0 Å². The Morgan fingerprint density at radius 3 is 2.61 bits per heavy atom. The first-order valence-electron chi connectivity index (χ1n) is 12.1. The maximum atomic E-state index is 13.2. The lowest BCUT2D eigenvalue weighted by atomic mass is 9.84. The molecule has 14 heteroatoms. The van der Waals surface area contributed by atoms with E-state index in [0.29, 0.717) is 5.39 Å². The molecule has 0 radical (unpaired) electrons. The predicted octanol–water partition coefficient (Wildman–Crippen LogP) is -4.45. The van der Waals surface area contributed by atoms with Crippen LogP contribution in [0.25, 0.3) is 10.8 Å². The van der Waals surface area contributed by atoms with Crippen LogP contribution in [0.3, 0.4) is 0 Å². The maximum absolute atomic E-state index is 13.2. The van der Waals surface area contributed by atoms with Crippen LogP contribution in [-0.4, -0.2) is 97.4 Å². The number of carbonyl (C=O) groups excluding carboxylic acids is 3. The summed E-state index contributed by atoms with van der Waals surface area (Å²) in [7, 11) is 0. The largest absolute Gasteiger partial charge is 0.506 e. The lowest BCUT2D eigenvalue weighted by Gasteiger charge is -2.46. The molecule has 4 heterocycles. The van der Waals surface area contributed by atoms with Gasteiger partial charge in [0.05, 0.1) is 18.7 Å². The Balaban J connectivity index is 1.32. The number of nitrogens with two attached hydrogens (primary N) is 2. The summed E-state index contributed by atoms with van der Waals surface area (Å²) in [6.45, 7) is -0.312. The molecule has 1 spiro atoms. The number of carbonyl (C=O) groups is 3. The van der Waals surface area contributed by atoms with E-state index in [1.54, 1.807) is 30.3 Å². The van der Waals surface area contributed by atoms with Crippen molar-refractivity contribution < 1.29 is 34.7 Å². The summed E-state index contributed by atoms with van der Waals surface area (Å²) in [5, 5.41) is 40.6. The number of nitrogens with one attached hydrogen (secondary N) is 3. The summed E-state index contributed by atoms with van der Waals surface area (Å²) in [5.41, 5.74) is 10.5. The van der Waals surface area contributed by atoms with Crippen LogP contribution in [0.15, 0.2) is 41.4 Å². The second-order valence-electron chi connectivity index (χ2n) is 9.93. The summed E-state index contributed by atoms with van der Waals surface area (Å²) in [4.78, 5) is 47.6. The number of aromatic hydroxyl groups is 1. The Morgan fingerprint density at radius 1 is 1.16 bits per heavy atom. The zero-order valence-corrected chi connectivity index (χ0v) is 20.1. The summed E-state index contributed by atoms with van der Waals surface area (Å²) in [6.07, 6.45) is 0.179. The molecule has 0 bridgehead atoms. The van der Waals surface area contributed by atoms with Crippen LogP contribution < -0.4 is 27.1 Å². The minimum atomic E-state index is -2.67. The van der Waals surface area contributed by atoms with E-state index in [2.05, 4.69) is 20.6 Å². The third kappa shape index (κ3) is 3.16. The number of nitrogens with zero attached hydrogens (tertiary/aromatic N) is 3. The topological polar surface area (TPSA) is 221 Å².